The smallest absolute Gasteiger partial charge is 0.332 e. The number of hydrogen-bond donors (Lipinski definition) is 1. The van der Waals surface area contributed by atoms with Crippen LogP contribution >= 0.6 is 0 Å². The summed E-state index contributed by atoms with van der Waals surface area (Å²) in [4.78, 5) is 3.91. The van der Waals surface area contributed by atoms with Crippen LogP contribution in [0.25, 0.3) is 0 Å². The summed E-state index contributed by atoms with van der Waals surface area (Å²) in [6.07, 6.45) is 0. The second-order valence-corrected chi connectivity index (χ2v) is 14.4. The van der Waals surface area contributed by atoms with Crippen molar-refractivity contribution in [1.29, 1.82) is 0 Å². The third-order valence-electron chi connectivity index (χ3n) is 5.72. The molecule has 32 heavy (non-hydrogen) atoms. The first-order valence-corrected chi connectivity index (χ1v) is 14.2. The molecule has 0 saturated carbocycles. The van der Waals surface area contributed by atoms with Gasteiger partial charge in [0.05, 0.1) is 0 Å². The Morgan fingerprint density at radius 1 is 0.688 bits per heavy atom. The fraction of sp³-hybridized carbons (Fsp3) is 0.379. The van der Waals surface area contributed by atoms with E-state index in [1.165, 1.54) is 11.1 Å². The van der Waals surface area contributed by atoms with Gasteiger partial charge < -0.3 is 4.98 Å². The predicted molar refractivity (Wildman–Crippen MR) is 143 cm³/mol. The normalized spacial score (nSPS) is 14.2. The van der Waals surface area contributed by atoms with Crippen LogP contribution < -0.4 is 4.98 Å². The maximum absolute atomic E-state index is 3.91. The summed E-state index contributed by atoms with van der Waals surface area (Å²) in [5.74, 6) is 0. The second-order valence-electron chi connectivity index (χ2n) is 10.1. The van der Waals surface area contributed by atoms with E-state index in [0.29, 0.717) is 5.54 Å². The molecule has 0 saturated heterocycles. The summed E-state index contributed by atoms with van der Waals surface area (Å²) < 4.78 is 0. The van der Waals surface area contributed by atoms with Gasteiger partial charge in [-0.25, -0.2) is 0 Å². The van der Waals surface area contributed by atoms with Crippen LogP contribution in [0, 0.1) is 13.8 Å². The first kappa shape index (κ1) is 30.6. The maximum atomic E-state index is 3.91. The first-order valence-electron chi connectivity index (χ1n) is 11.1. The van der Waals surface area contributed by atoms with Gasteiger partial charge in [-0.15, -0.1) is 24.3 Å². The average molecular weight is 482 g/mol. The molecule has 0 aromatic heterocycles. The van der Waals surface area contributed by atoms with Gasteiger partial charge in [-0.05, 0) is 59.6 Å². The van der Waals surface area contributed by atoms with Crippen molar-refractivity contribution in [1.82, 2.24) is 4.98 Å². The van der Waals surface area contributed by atoms with E-state index in [4.69, 9.17) is 0 Å². The third-order valence-corrected chi connectivity index (χ3v) is 9.42. The van der Waals surface area contributed by atoms with E-state index >= 15 is 0 Å². The summed E-state index contributed by atoms with van der Waals surface area (Å²) >= 11 is 0. The van der Waals surface area contributed by atoms with E-state index in [-0.39, 0.29) is 27.3 Å². The molecule has 0 aliphatic heterocycles. The summed E-state index contributed by atoms with van der Waals surface area (Å²) in [7, 11) is -1.48. The number of benzene rings is 2. The number of nitrogens with one attached hydrogen (secondary N) is 1. The zero-order chi connectivity index (χ0) is 23.8. The molecule has 172 valence electrons. The molecule has 0 amide bonds. The Morgan fingerprint density at radius 2 is 1.00 bits per heavy atom. The van der Waals surface area contributed by atoms with E-state index in [0.717, 1.165) is 11.1 Å². The Labute approximate surface area is 214 Å². The summed E-state index contributed by atoms with van der Waals surface area (Å²) in [6, 6.07) is 19.7. The molecule has 3 heteroatoms. The zero-order valence-corrected chi connectivity index (χ0v) is 24.3. The van der Waals surface area contributed by atoms with Crippen molar-refractivity contribution in [3.8, 4) is 0 Å². The first-order chi connectivity index (χ1) is 14.3. The van der Waals surface area contributed by atoms with Crippen LogP contribution in [-0.4, -0.2) is 13.8 Å². The molecule has 1 aliphatic carbocycles. The number of allylic oxidation sites excluding steroid dienone is 4. The van der Waals surface area contributed by atoms with Crippen molar-refractivity contribution < 1.29 is 21.7 Å². The largest absolute Gasteiger partial charge is 2.00 e. The molecule has 0 atom stereocenters. The van der Waals surface area contributed by atoms with Crippen LogP contribution in [0.2, 0.25) is 18.6 Å². The van der Waals surface area contributed by atoms with Gasteiger partial charge in [0.15, 0.2) is 0 Å². The fourth-order valence-corrected chi connectivity index (χ4v) is 9.10. The van der Waals surface area contributed by atoms with E-state index < -0.39 is 8.24 Å². The summed E-state index contributed by atoms with van der Waals surface area (Å²) in [5.41, 5.74) is 9.24. The molecule has 2 aromatic rings. The van der Waals surface area contributed by atoms with Gasteiger partial charge >= 0.3 is 21.7 Å². The number of hydrogen-bond acceptors (Lipinski definition) is 1. The molecule has 2 aromatic carbocycles. The Kier molecular flexibility index (Phi) is 12.7. The minimum Gasteiger partial charge on any atom is -0.332 e. The van der Waals surface area contributed by atoms with Crippen molar-refractivity contribution in [3.05, 3.63) is 108 Å². The number of rotatable bonds is 2. The Hall–Kier alpha value is -1.45. The summed E-state index contributed by atoms with van der Waals surface area (Å²) in [6.45, 7) is 28.4. The Balaban J connectivity index is 0.000000525. The third kappa shape index (κ3) is 10.0. The van der Waals surface area contributed by atoms with Crippen molar-refractivity contribution >= 4 is 8.24 Å². The molecule has 0 spiro atoms. The van der Waals surface area contributed by atoms with Gasteiger partial charge in [0.25, 0.3) is 0 Å². The minimum atomic E-state index is -1.48. The van der Waals surface area contributed by atoms with Gasteiger partial charge in [0, 0.05) is 11.1 Å². The van der Waals surface area contributed by atoms with Crippen LogP contribution in [0.5, 0.6) is 0 Å². The van der Waals surface area contributed by atoms with E-state index in [1.54, 1.807) is 11.1 Å². The van der Waals surface area contributed by atoms with Crippen molar-refractivity contribution in [2.75, 3.05) is 0 Å². The molecule has 1 aliphatic rings. The van der Waals surface area contributed by atoms with Crippen molar-refractivity contribution in [3.63, 3.8) is 0 Å². The monoisotopic (exact) mass is 481 g/mol. The molecule has 1 nitrogen and oxygen atoms in total. The van der Waals surface area contributed by atoms with Crippen LogP contribution in [0.4, 0.5) is 0 Å². The van der Waals surface area contributed by atoms with Gasteiger partial charge in [0.1, 0.15) is 8.24 Å². The second kappa shape index (κ2) is 13.3. The van der Waals surface area contributed by atoms with Crippen molar-refractivity contribution in [2.24, 2.45) is 0 Å². The SMILES string of the molecule is CC1=C(C)C([Si](C)(C)NC(C)(C)C)C(C)=C1C.[CH2-]c1ccccc1.[CH2-]c1ccccc1.[Ti+2]. The molecule has 1 N–H and O–H groups in total. The topological polar surface area (TPSA) is 12.0 Å². The molecule has 0 bridgehead atoms. The molecule has 0 fully saturated rings. The Bertz CT molecular complexity index is 813. The van der Waals surface area contributed by atoms with Crippen molar-refractivity contribution in [2.45, 2.75) is 72.6 Å². The molecular formula is C29H43NSiTi. The average Bonchev–Trinajstić information content (AvgIpc) is 2.85. The molecular weight excluding hydrogens is 438 g/mol. The standard InChI is InChI=1S/C15H29NSi.2C7H7.Ti/c1-10-11(2)13(4)14(12(10)3)17(8,9)16-15(5,6)7;2*1-7-5-3-2-4-6-7;/h14,16H,1-9H3;2*2-6H,1H2;/q;2*-1;+2. The van der Waals surface area contributed by atoms with E-state index in [1.807, 2.05) is 60.7 Å². The molecule has 0 heterocycles. The van der Waals surface area contributed by atoms with E-state index in [2.05, 4.69) is 80.4 Å². The van der Waals surface area contributed by atoms with Crippen LogP contribution in [0.3, 0.4) is 0 Å². The Morgan fingerprint density at radius 3 is 1.22 bits per heavy atom. The molecule has 3 rings (SSSR count). The van der Waals surface area contributed by atoms with Crippen LogP contribution in [0.1, 0.15) is 59.6 Å². The quantitative estimate of drug-likeness (QED) is 0.336. The van der Waals surface area contributed by atoms with Crippen LogP contribution in [0.15, 0.2) is 83.0 Å². The van der Waals surface area contributed by atoms with E-state index in [9.17, 15) is 0 Å². The van der Waals surface area contributed by atoms with Gasteiger partial charge in [-0.2, -0.15) is 49.2 Å². The van der Waals surface area contributed by atoms with Gasteiger partial charge in [0.2, 0.25) is 0 Å². The predicted octanol–water partition coefficient (Wildman–Crippen LogP) is 8.37. The molecule has 0 unspecified atom stereocenters. The maximum Gasteiger partial charge on any atom is 2.00 e. The fourth-order valence-electron chi connectivity index (χ4n) is 4.43. The van der Waals surface area contributed by atoms with Gasteiger partial charge in [-0.1, -0.05) is 36.4 Å². The zero-order valence-electron chi connectivity index (χ0n) is 21.8. The summed E-state index contributed by atoms with van der Waals surface area (Å²) in [5, 5.41) is 0. The molecule has 0 radical (unpaired) electrons. The minimum absolute atomic E-state index is 0. The van der Waals surface area contributed by atoms with Crippen LogP contribution in [-0.2, 0) is 21.7 Å². The van der Waals surface area contributed by atoms with Gasteiger partial charge in [-0.3, -0.25) is 0 Å².